The molecule has 1 aliphatic rings. The number of aryl methyl sites for hydroxylation is 2. The molecule has 4 nitrogen and oxygen atoms in total. The van der Waals surface area contributed by atoms with Crippen LogP contribution < -0.4 is 5.73 Å². The molecule has 1 aromatic heterocycles. The van der Waals surface area contributed by atoms with E-state index in [0.717, 1.165) is 18.4 Å². The van der Waals surface area contributed by atoms with Gasteiger partial charge in [0.15, 0.2) is 0 Å². The first-order chi connectivity index (χ1) is 9.15. The largest absolute Gasteiger partial charge is 0.481 e. The van der Waals surface area contributed by atoms with E-state index in [4.69, 9.17) is 10.8 Å². The molecule has 1 aromatic carbocycles. The van der Waals surface area contributed by atoms with Gasteiger partial charge in [0, 0.05) is 29.1 Å². The van der Waals surface area contributed by atoms with E-state index in [1.165, 1.54) is 28.6 Å². The number of hydrogen-bond acceptors (Lipinski definition) is 2. The van der Waals surface area contributed by atoms with E-state index in [0.29, 0.717) is 6.42 Å². The summed E-state index contributed by atoms with van der Waals surface area (Å²) >= 11 is 0. The minimum absolute atomic E-state index is 0.116. The number of hydrogen-bond donors (Lipinski definition) is 3. The van der Waals surface area contributed by atoms with Crippen LogP contribution in [0.2, 0.25) is 0 Å². The van der Waals surface area contributed by atoms with E-state index in [1.54, 1.807) is 0 Å². The molecule has 3 rings (SSSR count). The lowest BCUT2D eigenvalue weighted by Crippen LogP contribution is -2.12. The maximum Gasteiger partial charge on any atom is 0.303 e. The number of nitrogens with one attached hydrogen (secondary N) is 1. The molecule has 1 aliphatic carbocycles. The minimum atomic E-state index is -0.793. The fourth-order valence-electron chi connectivity index (χ4n) is 2.94. The predicted molar refractivity (Wildman–Crippen MR) is 74.1 cm³/mol. The highest BCUT2D eigenvalue weighted by atomic mass is 16.4. The van der Waals surface area contributed by atoms with Gasteiger partial charge in [0.1, 0.15) is 0 Å². The van der Waals surface area contributed by atoms with Crippen LogP contribution in [0.1, 0.15) is 42.1 Å². The maximum atomic E-state index is 10.6. The average Bonchev–Trinajstić information content (AvgIpc) is 2.95. The lowest BCUT2D eigenvalue weighted by molar-refractivity contribution is -0.137. The number of nitrogens with two attached hydrogens (primary N) is 1. The first-order valence-electron chi connectivity index (χ1n) is 6.76. The van der Waals surface area contributed by atoms with Gasteiger partial charge in [-0.2, -0.15) is 0 Å². The van der Waals surface area contributed by atoms with Crippen molar-refractivity contribution >= 4 is 16.9 Å². The van der Waals surface area contributed by atoms with Crippen molar-refractivity contribution in [3.05, 3.63) is 35.0 Å². The monoisotopic (exact) mass is 258 g/mol. The Morgan fingerprint density at radius 3 is 3.05 bits per heavy atom. The summed E-state index contributed by atoms with van der Waals surface area (Å²) in [6, 6.07) is 5.99. The zero-order valence-corrected chi connectivity index (χ0v) is 10.8. The molecule has 1 unspecified atom stereocenters. The fourth-order valence-corrected chi connectivity index (χ4v) is 2.94. The molecule has 0 bridgehead atoms. The SMILES string of the molecule is NC(CCC(=O)O)c1ccc2[nH]c3c(c2c1)CCC3. The molecule has 0 aliphatic heterocycles. The number of carboxylic acids is 1. The van der Waals surface area contributed by atoms with E-state index in [9.17, 15) is 4.79 Å². The van der Waals surface area contributed by atoms with Crippen LogP contribution in [0.25, 0.3) is 10.9 Å². The molecule has 0 spiro atoms. The average molecular weight is 258 g/mol. The zero-order valence-electron chi connectivity index (χ0n) is 10.8. The van der Waals surface area contributed by atoms with Crippen molar-refractivity contribution in [1.29, 1.82) is 0 Å². The van der Waals surface area contributed by atoms with Gasteiger partial charge in [0.05, 0.1) is 0 Å². The maximum absolute atomic E-state index is 10.6. The highest BCUT2D eigenvalue weighted by Crippen LogP contribution is 2.31. The van der Waals surface area contributed by atoms with Crippen molar-refractivity contribution in [1.82, 2.24) is 4.98 Å². The van der Waals surface area contributed by atoms with Crippen LogP contribution >= 0.6 is 0 Å². The first-order valence-corrected chi connectivity index (χ1v) is 6.76. The van der Waals surface area contributed by atoms with Crippen LogP contribution in [0.5, 0.6) is 0 Å². The predicted octanol–water partition coefficient (Wildman–Crippen LogP) is 2.52. The third-order valence-corrected chi connectivity index (χ3v) is 3.97. The van der Waals surface area contributed by atoms with Gasteiger partial charge in [-0.1, -0.05) is 6.07 Å². The molecule has 0 amide bonds. The number of aromatic nitrogens is 1. The Morgan fingerprint density at radius 2 is 2.26 bits per heavy atom. The topological polar surface area (TPSA) is 79.1 Å². The van der Waals surface area contributed by atoms with Crippen LogP contribution in [0.3, 0.4) is 0 Å². The molecule has 0 fully saturated rings. The van der Waals surface area contributed by atoms with Crippen LogP contribution in [0, 0.1) is 0 Å². The molecule has 4 heteroatoms. The van der Waals surface area contributed by atoms with Crippen molar-refractivity contribution < 1.29 is 9.90 Å². The molecular weight excluding hydrogens is 240 g/mol. The summed E-state index contributed by atoms with van der Waals surface area (Å²) in [4.78, 5) is 14.1. The lowest BCUT2D eigenvalue weighted by atomic mass is 10.00. The summed E-state index contributed by atoms with van der Waals surface area (Å²) in [5.74, 6) is -0.793. The van der Waals surface area contributed by atoms with E-state index in [2.05, 4.69) is 17.1 Å². The molecule has 1 heterocycles. The van der Waals surface area contributed by atoms with Crippen molar-refractivity contribution in [3.8, 4) is 0 Å². The molecule has 0 saturated carbocycles. The quantitative estimate of drug-likeness (QED) is 0.788. The molecule has 4 N–H and O–H groups in total. The van der Waals surface area contributed by atoms with Crippen LogP contribution in [-0.2, 0) is 17.6 Å². The number of benzene rings is 1. The Bertz CT molecular complexity index is 630. The van der Waals surface area contributed by atoms with E-state index < -0.39 is 5.97 Å². The second-order valence-electron chi connectivity index (χ2n) is 5.28. The summed E-state index contributed by atoms with van der Waals surface area (Å²) in [5, 5.41) is 9.97. The summed E-state index contributed by atoms with van der Waals surface area (Å²) in [6.07, 6.45) is 4.07. The smallest absolute Gasteiger partial charge is 0.303 e. The van der Waals surface area contributed by atoms with Crippen LogP contribution in [0.4, 0.5) is 0 Å². The Morgan fingerprint density at radius 1 is 1.42 bits per heavy atom. The second-order valence-corrected chi connectivity index (χ2v) is 5.28. The highest BCUT2D eigenvalue weighted by molar-refractivity contribution is 5.86. The molecule has 0 saturated heterocycles. The summed E-state index contributed by atoms with van der Waals surface area (Å²) in [7, 11) is 0. The van der Waals surface area contributed by atoms with Gasteiger partial charge in [-0.15, -0.1) is 0 Å². The van der Waals surface area contributed by atoms with Gasteiger partial charge in [-0.05, 0) is 48.9 Å². The number of H-pyrrole nitrogens is 1. The van der Waals surface area contributed by atoms with E-state index >= 15 is 0 Å². The number of aliphatic carboxylic acids is 1. The summed E-state index contributed by atoms with van der Waals surface area (Å²) in [6.45, 7) is 0. The number of aromatic amines is 1. The number of fused-ring (bicyclic) bond motifs is 3. The van der Waals surface area contributed by atoms with Crippen molar-refractivity contribution in [2.45, 2.75) is 38.1 Å². The van der Waals surface area contributed by atoms with Crippen molar-refractivity contribution in [2.75, 3.05) is 0 Å². The molecular formula is C15H18N2O2. The van der Waals surface area contributed by atoms with Gasteiger partial charge >= 0.3 is 5.97 Å². The Hall–Kier alpha value is -1.81. The third kappa shape index (κ3) is 2.24. The summed E-state index contributed by atoms with van der Waals surface area (Å²) in [5.41, 5.74) is 11.0. The standard InChI is InChI=1S/C15H18N2O2/c16-12(5-7-15(18)19)9-4-6-14-11(8-9)10-2-1-3-13(10)17-14/h4,6,8,12,17H,1-3,5,7,16H2,(H,18,19). The Labute approximate surface area is 111 Å². The molecule has 0 radical (unpaired) electrons. The van der Waals surface area contributed by atoms with E-state index in [-0.39, 0.29) is 12.5 Å². The van der Waals surface area contributed by atoms with E-state index in [1.807, 2.05) is 6.07 Å². The van der Waals surface area contributed by atoms with Crippen LogP contribution in [0.15, 0.2) is 18.2 Å². The second kappa shape index (κ2) is 4.70. The third-order valence-electron chi connectivity index (χ3n) is 3.97. The van der Waals surface area contributed by atoms with Crippen LogP contribution in [-0.4, -0.2) is 16.1 Å². The summed E-state index contributed by atoms with van der Waals surface area (Å²) < 4.78 is 0. The van der Waals surface area contributed by atoms with Gasteiger partial charge in [0.2, 0.25) is 0 Å². The van der Waals surface area contributed by atoms with Crippen molar-refractivity contribution in [3.63, 3.8) is 0 Å². The lowest BCUT2D eigenvalue weighted by Gasteiger charge is -2.11. The minimum Gasteiger partial charge on any atom is -0.481 e. The fraction of sp³-hybridized carbons (Fsp3) is 0.400. The van der Waals surface area contributed by atoms with Gasteiger partial charge in [-0.25, -0.2) is 0 Å². The zero-order chi connectivity index (χ0) is 13.4. The Kier molecular flexibility index (Phi) is 3.03. The van der Waals surface area contributed by atoms with Gasteiger partial charge in [-0.3, -0.25) is 4.79 Å². The highest BCUT2D eigenvalue weighted by Gasteiger charge is 2.18. The first kappa shape index (κ1) is 12.2. The number of carboxylic acid groups (broad SMARTS) is 1. The van der Waals surface area contributed by atoms with Gasteiger partial charge in [0.25, 0.3) is 0 Å². The van der Waals surface area contributed by atoms with Gasteiger partial charge < -0.3 is 15.8 Å². The number of rotatable bonds is 4. The Balaban J connectivity index is 1.90. The molecule has 1 atom stereocenters. The molecule has 100 valence electrons. The molecule has 19 heavy (non-hydrogen) atoms. The molecule has 2 aromatic rings. The van der Waals surface area contributed by atoms with Crippen molar-refractivity contribution in [2.24, 2.45) is 5.73 Å². The number of carbonyl (C=O) groups is 1. The normalized spacial score (nSPS) is 15.6.